The van der Waals surface area contributed by atoms with Crippen molar-refractivity contribution in [3.63, 3.8) is 0 Å². The number of unbranched alkanes of at least 4 members (excludes halogenated alkanes) is 3. The zero-order valence-electron chi connectivity index (χ0n) is 21.0. The number of aliphatic carboxylic acids is 1. The van der Waals surface area contributed by atoms with Gasteiger partial charge in [-0.1, -0.05) is 38.3 Å². The minimum atomic E-state index is -0.712. The van der Waals surface area contributed by atoms with Gasteiger partial charge in [-0.2, -0.15) is 9.97 Å². The number of hydrogen-bond acceptors (Lipinski definition) is 7. The molecule has 0 unspecified atom stereocenters. The predicted molar refractivity (Wildman–Crippen MR) is 140 cm³/mol. The Morgan fingerprint density at radius 1 is 1.14 bits per heavy atom. The molecule has 1 amide bonds. The number of anilines is 3. The van der Waals surface area contributed by atoms with Crippen molar-refractivity contribution in [1.82, 2.24) is 9.97 Å². The zero-order chi connectivity index (χ0) is 25.5. The second kappa shape index (κ2) is 12.1. The molecule has 9 heteroatoms. The van der Waals surface area contributed by atoms with Gasteiger partial charge in [-0.15, -0.1) is 0 Å². The van der Waals surface area contributed by atoms with Crippen LogP contribution in [0.4, 0.5) is 17.5 Å². The van der Waals surface area contributed by atoms with Crippen molar-refractivity contribution >= 4 is 29.3 Å². The Bertz CT molecular complexity index is 1050. The number of benzene rings is 1. The number of carboxylic acid groups (broad SMARTS) is 1. The standard InChI is InChI=1S/C27H37N5O4/c1-2-3-4-5-14-29-27-30-24(28)23-25(31-27)36-16-15-32(26(23)35)21-12-10-20(11-13-21)19-8-6-18(7-9-19)17-22(33)34/h10-13,18-19H,2-9,14-17H2,1H3,(H,33,34)(H3,28,29,30,31). The molecule has 194 valence electrons. The number of nitrogen functional groups attached to an aromatic ring is 1. The molecule has 0 spiro atoms. The lowest BCUT2D eigenvalue weighted by Gasteiger charge is -2.28. The van der Waals surface area contributed by atoms with Crippen LogP contribution in [-0.2, 0) is 4.79 Å². The van der Waals surface area contributed by atoms with Gasteiger partial charge in [-0.3, -0.25) is 9.59 Å². The van der Waals surface area contributed by atoms with Crippen molar-refractivity contribution in [2.24, 2.45) is 5.92 Å². The topological polar surface area (TPSA) is 131 Å². The lowest BCUT2D eigenvalue weighted by atomic mass is 9.77. The Hall–Kier alpha value is -3.36. The number of carbonyl (C=O) groups excluding carboxylic acids is 1. The number of carbonyl (C=O) groups is 2. The lowest BCUT2D eigenvalue weighted by molar-refractivity contribution is -0.138. The van der Waals surface area contributed by atoms with Crippen LogP contribution in [0.2, 0.25) is 0 Å². The normalized spacial score (nSPS) is 19.8. The number of carboxylic acids is 1. The number of amides is 1. The largest absolute Gasteiger partial charge is 0.481 e. The molecule has 0 saturated heterocycles. The molecule has 1 saturated carbocycles. The van der Waals surface area contributed by atoms with E-state index in [2.05, 4.69) is 34.3 Å². The van der Waals surface area contributed by atoms with E-state index in [0.29, 0.717) is 25.0 Å². The van der Waals surface area contributed by atoms with Crippen molar-refractivity contribution < 1.29 is 19.4 Å². The SMILES string of the molecule is CCCCCCNc1nc(N)c2c(n1)OCCN(c1ccc(C3CCC(CC(=O)O)CC3)cc1)C2=O. The molecule has 1 aliphatic heterocycles. The van der Waals surface area contributed by atoms with Gasteiger partial charge < -0.3 is 25.8 Å². The van der Waals surface area contributed by atoms with Crippen molar-refractivity contribution in [3.05, 3.63) is 35.4 Å². The first-order valence-corrected chi connectivity index (χ1v) is 13.1. The molecule has 1 aromatic carbocycles. The van der Waals surface area contributed by atoms with E-state index >= 15 is 0 Å². The molecular weight excluding hydrogens is 458 g/mol. The summed E-state index contributed by atoms with van der Waals surface area (Å²) >= 11 is 0. The Kier molecular flexibility index (Phi) is 8.61. The van der Waals surface area contributed by atoms with Crippen molar-refractivity contribution in [2.75, 3.05) is 35.6 Å². The Balaban J connectivity index is 1.42. The number of nitrogens with two attached hydrogens (primary N) is 1. The minimum absolute atomic E-state index is 0.114. The van der Waals surface area contributed by atoms with E-state index in [1.807, 2.05) is 12.1 Å². The molecule has 36 heavy (non-hydrogen) atoms. The molecule has 1 fully saturated rings. The van der Waals surface area contributed by atoms with Gasteiger partial charge in [0.1, 0.15) is 18.0 Å². The fraction of sp³-hybridized carbons (Fsp3) is 0.556. The molecule has 0 bridgehead atoms. The van der Waals surface area contributed by atoms with Gasteiger partial charge >= 0.3 is 5.97 Å². The van der Waals surface area contributed by atoms with Crippen LogP contribution < -0.4 is 20.7 Å². The fourth-order valence-corrected chi connectivity index (χ4v) is 5.18. The molecule has 0 atom stereocenters. The van der Waals surface area contributed by atoms with Crippen LogP contribution >= 0.6 is 0 Å². The van der Waals surface area contributed by atoms with E-state index in [9.17, 15) is 9.59 Å². The average molecular weight is 496 g/mol. The van der Waals surface area contributed by atoms with Crippen LogP contribution in [0.25, 0.3) is 0 Å². The van der Waals surface area contributed by atoms with E-state index < -0.39 is 5.97 Å². The quantitative estimate of drug-likeness (QED) is 0.399. The highest BCUT2D eigenvalue weighted by Crippen LogP contribution is 2.38. The van der Waals surface area contributed by atoms with E-state index in [1.165, 1.54) is 18.4 Å². The highest BCUT2D eigenvalue weighted by molar-refractivity contribution is 6.10. The number of hydrogen-bond donors (Lipinski definition) is 3. The summed E-state index contributed by atoms with van der Waals surface area (Å²) in [6.07, 6.45) is 8.63. The molecule has 1 aliphatic carbocycles. The number of nitrogens with zero attached hydrogens (tertiary/aromatic N) is 3. The molecule has 9 nitrogen and oxygen atoms in total. The Morgan fingerprint density at radius 3 is 2.58 bits per heavy atom. The number of nitrogens with one attached hydrogen (secondary N) is 1. The number of rotatable bonds is 10. The van der Waals surface area contributed by atoms with Gasteiger partial charge in [0, 0.05) is 18.7 Å². The van der Waals surface area contributed by atoms with Crippen LogP contribution in [0, 0.1) is 5.92 Å². The van der Waals surface area contributed by atoms with E-state index in [-0.39, 0.29) is 35.5 Å². The van der Waals surface area contributed by atoms with Gasteiger partial charge in [0.2, 0.25) is 11.8 Å². The average Bonchev–Trinajstić information content (AvgIpc) is 3.03. The van der Waals surface area contributed by atoms with Gasteiger partial charge in [-0.05, 0) is 61.6 Å². The molecule has 4 rings (SSSR count). The molecule has 0 radical (unpaired) electrons. The molecule has 2 heterocycles. The van der Waals surface area contributed by atoms with Crippen LogP contribution in [0.15, 0.2) is 24.3 Å². The van der Waals surface area contributed by atoms with Crippen molar-refractivity contribution in [2.45, 2.75) is 70.6 Å². The summed E-state index contributed by atoms with van der Waals surface area (Å²) in [4.78, 5) is 34.8. The van der Waals surface area contributed by atoms with Crippen LogP contribution in [0.3, 0.4) is 0 Å². The van der Waals surface area contributed by atoms with Gasteiger partial charge in [0.25, 0.3) is 5.91 Å². The minimum Gasteiger partial charge on any atom is -0.481 e. The highest BCUT2D eigenvalue weighted by Gasteiger charge is 2.30. The first-order valence-electron chi connectivity index (χ1n) is 13.1. The summed E-state index contributed by atoms with van der Waals surface area (Å²) < 4.78 is 5.82. The molecule has 2 aliphatic rings. The number of aromatic nitrogens is 2. The summed E-state index contributed by atoms with van der Waals surface area (Å²) in [6.45, 7) is 3.60. The van der Waals surface area contributed by atoms with Crippen LogP contribution in [-0.4, -0.2) is 46.6 Å². The maximum atomic E-state index is 13.4. The summed E-state index contributed by atoms with van der Waals surface area (Å²) in [5.74, 6) is 0.435. The predicted octanol–water partition coefficient (Wildman–Crippen LogP) is 4.84. The Labute approximate surface area is 212 Å². The summed E-state index contributed by atoms with van der Waals surface area (Å²) in [7, 11) is 0. The third-order valence-electron chi connectivity index (χ3n) is 7.22. The highest BCUT2D eigenvalue weighted by atomic mass is 16.5. The maximum Gasteiger partial charge on any atom is 0.303 e. The molecule has 1 aromatic heterocycles. The molecule has 2 aromatic rings. The van der Waals surface area contributed by atoms with E-state index in [0.717, 1.165) is 50.8 Å². The van der Waals surface area contributed by atoms with Gasteiger partial charge in [0.05, 0.1) is 6.54 Å². The Morgan fingerprint density at radius 2 is 1.89 bits per heavy atom. The monoisotopic (exact) mass is 495 g/mol. The zero-order valence-corrected chi connectivity index (χ0v) is 21.0. The first-order chi connectivity index (χ1) is 17.5. The summed E-state index contributed by atoms with van der Waals surface area (Å²) in [5, 5.41) is 12.2. The lowest BCUT2D eigenvalue weighted by Crippen LogP contribution is -2.32. The third-order valence-corrected chi connectivity index (χ3v) is 7.22. The maximum absolute atomic E-state index is 13.4. The third kappa shape index (κ3) is 6.25. The van der Waals surface area contributed by atoms with Crippen molar-refractivity contribution in [1.29, 1.82) is 0 Å². The van der Waals surface area contributed by atoms with Crippen LogP contribution in [0.1, 0.15) is 86.6 Å². The second-order valence-electron chi connectivity index (χ2n) is 9.81. The smallest absolute Gasteiger partial charge is 0.303 e. The summed E-state index contributed by atoms with van der Waals surface area (Å²) in [5.41, 5.74) is 8.40. The summed E-state index contributed by atoms with van der Waals surface area (Å²) in [6, 6.07) is 8.07. The first kappa shape index (κ1) is 25.7. The fourth-order valence-electron chi connectivity index (χ4n) is 5.18. The van der Waals surface area contributed by atoms with E-state index in [1.54, 1.807) is 4.90 Å². The van der Waals surface area contributed by atoms with Crippen molar-refractivity contribution in [3.8, 4) is 5.88 Å². The second-order valence-corrected chi connectivity index (χ2v) is 9.81. The van der Waals surface area contributed by atoms with Gasteiger partial charge in [-0.25, -0.2) is 0 Å². The van der Waals surface area contributed by atoms with Crippen LogP contribution in [0.5, 0.6) is 5.88 Å². The van der Waals surface area contributed by atoms with Gasteiger partial charge in [0.15, 0.2) is 0 Å². The van der Waals surface area contributed by atoms with E-state index in [4.69, 9.17) is 15.6 Å². The number of fused-ring (bicyclic) bond motifs is 1. The number of ether oxygens (including phenoxy) is 1. The molecule has 4 N–H and O–H groups in total. The molecular formula is C27H37N5O4.